The van der Waals surface area contributed by atoms with Gasteiger partial charge in [-0.25, -0.2) is 14.6 Å². The number of alkyl carbamates (subject to hydrolysis) is 1. The Bertz CT molecular complexity index is 1760. The molecule has 0 saturated heterocycles. The van der Waals surface area contributed by atoms with Crippen molar-refractivity contribution in [3.8, 4) is 0 Å². The van der Waals surface area contributed by atoms with Gasteiger partial charge in [0.2, 0.25) is 11.8 Å². The number of nitrogens with one attached hydrogen (secondary N) is 3. The highest BCUT2D eigenvalue weighted by molar-refractivity contribution is 6.03. The summed E-state index contributed by atoms with van der Waals surface area (Å²) < 4.78 is 10.7. The fraction of sp³-hybridized carbons (Fsp3) is 0.487. The van der Waals surface area contributed by atoms with Gasteiger partial charge in [0.25, 0.3) is 11.6 Å². The molecule has 6 N–H and O–H groups in total. The number of non-ortho nitro benzene ring substituents is 1. The van der Waals surface area contributed by atoms with E-state index >= 15 is 0 Å². The predicted molar refractivity (Wildman–Crippen MR) is 205 cm³/mol. The number of aromatic nitrogens is 2. The largest absolute Gasteiger partial charge is 0.464 e. The Hall–Kier alpha value is -5.68. The Morgan fingerprint density at radius 1 is 0.964 bits per heavy atom. The van der Waals surface area contributed by atoms with Gasteiger partial charge in [-0.1, -0.05) is 56.3 Å². The molecule has 1 heterocycles. The topological polar surface area (TPSA) is 249 Å². The number of benzene rings is 2. The van der Waals surface area contributed by atoms with E-state index in [1.807, 2.05) is 0 Å². The van der Waals surface area contributed by atoms with E-state index in [1.54, 1.807) is 71.9 Å². The quantitative estimate of drug-likeness (QED) is 0.0669. The Morgan fingerprint density at radius 3 is 2.16 bits per heavy atom. The average molecular weight is 780 g/mol. The number of amides is 4. The van der Waals surface area contributed by atoms with Crippen molar-refractivity contribution in [3.05, 3.63) is 94.1 Å². The molecule has 0 aliphatic heterocycles. The fourth-order valence-electron chi connectivity index (χ4n) is 5.80. The first-order valence-corrected chi connectivity index (χ1v) is 18.4. The van der Waals surface area contributed by atoms with E-state index in [-0.39, 0.29) is 43.9 Å². The zero-order valence-electron chi connectivity index (χ0n) is 32.6. The van der Waals surface area contributed by atoms with Gasteiger partial charge in [-0.2, -0.15) is 0 Å². The van der Waals surface area contributed by atoms with Crippen LogP contribution in [0, 0.1) is 16.0 Å². The summed E-state index contributed by atoms with van der Waals surface area (Å²) in [5.41, 5.74) is 6.91. The van der Waals surface area contributed by atoms with E-state index in [4.69, 9.17) is 15.2 Å². The second-order valence-electron chi connectivity index (χ2n) is 14.8. The normalized spacial score (nSPS) is 14.1. The van der Waals surface area contributed by atoms with E-state index in [9.17, 15) is 39.2 Å². The van der Waals surface area contributed by atoms with Crippen LogP contribution < -0.4 is 16.4 Å². The molecule has 0 aliphatic rings. The van der Waals surface area contributed by atoms with E-state index < -0.39 is 77.0 Å². The van der Waals surface area contributed by atoms with Crippen LogP contribution in [0.5, 0.6) is 0 Å². The molecule has 3 rings (SSSR count). The third-order valence-corrected chi connectivity index (χ3v) is 8.45. The summed E-state index contributed by atoms with van der Waals surface area (Å²) in [6, 6.07) is 9.14. The van der Waals surface area contributed by atoms with Crippen molar-refractivity contribution in [2.45, 2.75) is 110 Å². The molecule has 5 atom stereocenters. The Morgan fingerprint density at radius 2 is 1.61 bits per heavy atom. The van der Waals surface area contributed by atoms with Gasteiger partial charge >= 0.3 is 12.1 Å². The van der Waals surface area contributed by atoms with E-state index in [0.717, 1.165) is 0 Å². The molecule has 0 fully saturated rings. The van der Waals surface area contributed by atoms with Crippen LogP contribution in [0.3, 0.4) is 0 Å². The molecule has 4 amide bonds. The molecule has 17 nitrogen and oxygen atoms in total. The molecule has 56 heavy (non-hydrogen) atoms. The Labute approximate surface area is 325 Å². The number of aliphatic hydroxyl groups is 1. The number of rotatable bonds is 19. The first-order valence-electron chi connectivity index (χ1n) is 18.4. The highest BCUT2D eigenvalue weighted by Gasteiger charge is 2.41. The maximum atomic E-state index is 14.8. The number of carbonyl (C=O) groups is 5. The lowest BCUT2D eigenvalue weighted by Gasteiger charge is -2.34. The van der Waals surface area contributed by atoms with Crippen LogP contribution in [0.25, 0.3) is 0 Å². The maximum Gasteiger partial charge on any atom is 0.408 e. The van der Waals surface area contributed by atoms with Crippen molar-refractivity contribution in [1.82, 2.24) is 25.5 Å². The number of nitro groups is 1. The van der Waals surface area contributed by atoms with Crippen molar-refractivity contribution in [1.29, 1.82) is 0 Å². The first kappa shape index (κ1) is 44.7. The van der Waals surface area contributed by atoms with Gasteiger partial charge in [-0.15, -0.1) is 0 Å². The summed E-state index contributed by atoms with van der Waals surface area (Å²) in [6.45, 7) is 10.1. The molecule has 0 bridgehead atoms. The zero-order valence-corrected chi connectivity index (χ0v) is 32.6. The van der Waals surface area contributed by atoms with Gasteiger partial charge in [-0.3, -0.25) is 29.4 Å². The third-order valence-electron chi connectivity index (χ3n) is 8.45. The number of hydrogen-bond acceptors (Lipinski definition) is 12. The van der Waals surface area contributed by atoms with Gasteiger partial charge < -0.3 is 35.9 Å². The Balaban J connectivity index is 2.01. The summed E-state index contributed by atoms with van der Waals surface area (Å²) in [4.78, 5) is 87.7. The van der Waals surface area contributed by atoms with Crippen LogP contribution in [-0.2, 0) is 47.9 Å². The van der Waals surface area contributed by atoms with Crippen molar-refractivity contribution in [3.63, 3.8) is 0 Å². The minimum Gasteiger partial charge on any atom is -0.464 e. The molecule has 17 heteroatoms. The number of hydrogen-bond donors (Lipinski definition) is 5. The lowest BCUT2D eigenvalue weighted by atomic mass is 9.97. The number of H-pyrrole nitrogens is 1. The van der Waals surface area contributed by atoms with Crippen molar-refractivity contribution < 1.29 is 43.5 Å². The summed E-state index contributed by atoms with van der Waals surface area (Å²) in [5, 5.41) is 27.5. The minimum absolute atomic E-state index is 0.0111. The van der Waals surface area contributed by atoms with Crippen molar-refractivity contribution in [2.24, 2.45) is 11.7 Å². The number of imide groups is 1. The smallest absolute Gasteiger partial charge is 0.408 e. The number of aliphatic hydroxyl groups excluding tert-OH is 1. The second kappa shape index (κ2) is 20.8. The summed E-state index contributed by atoms with van der Waals surface area (Å²) in [6.07, 6.45) is -0.485. The van der Waals surface area contributed by atoms with Gasteiger partial charge in [0.05, 0.1) is 30.4 Å². The third kappa shape index (κ3) is 14.2. The molecule has 2 aromatic carbocycles. The van der Waals surface area contributed by atoms with Crippen LogP contribution in [-0.4, -0.2) is 97.2 Å². The second-order valence-corrected chi connectivity index (χ2v) is 14.8. The predicted octanol–water partition coefficient (Wildman–Crippen LogP) is 3.14. The molecular formula is C39H53N7O10. The standard InChI is InChI=1S/C39H53N7O10/c1-7-55-37(51)32(17-24(2)3)45(34(48)21-33(47)29(40)18-26-13-15-28(16-14-26)46(53)54)36(50)31(20-27-22-41-23-42-27)43-35(49)30(19-25-11-9-8-10-12-25)44-38(52)56-39(4,5)6/h8-16,22-24,29-33,47H,7,17-21,40H2,1-6H3,(H,41,42)(H,43,49)(H,44,52)/t29-,30-,31-,32-,33-/m0/s1. The number of imidazole rings is 1. The van der Waals surface area contributed by atoms with Crippen LogP contribution in [0.1, 0.15) is 71.2 Å². The highest BCUT2D eigenvalue weighted by Crippen LogP contribution is 2.21. The average Bonchev–Trinajstić information content (AvgIpc) is 3.63. The summed E-state index contributed by atoms with van der Waals surface area (Å²) in [5.74, 6) is -3.82. The van der Waals surface area contributed by atoms with Crippen LogP contribution in [0.4, 0.5) is 10.5 Å². The number of ether oxygens (including phenoxy) is 2. The fourth-order valence-corrected chi connectivity index (χ4v) is 5.80. The molecule has 304 valence electrons. The van der Waals surface area contributed by atoms with Crippen LogP contribution >= 0.6 is 0 Å². The number of carbonyl (C=O) groups excluding carboxylic acids is 5. The molecule has 0 aliphatic carbocycles. The molecule has 1 aromatic heterocycles. The van der Waals surface area contributed by atoms with Crippen LogP contribution in [0.2, 0.25) is 0 Å². The van der Waals surface area contributed by atoms with Crippen LogP contribution in [0.15, 0.2) is 67.1 Å². The SMILES string of the molecule is CCOC(=O)[C@H](CC(C)C)N(C(=O)C[C@H](O)[C@@H](N)Cc1ccc([N+](=O)[O-])cc1)C(=O)[C@H](Cc1cnc[nH]1)NC(=O)[C@H](Cc1ccccc1)NC(=O)OC(C)(C)C. The zero-order chi connectivity index (χ0) is 41.6. The molecular weight excluding hydrogens is 726 g/mol. The van der Waals surface area contributed by atoms with Gasteiger partial charge in [0.1, 0.15) is 23.7 Å². The van der Waals surface area contributed by atoms with E-state index in [1.165, 1.54) is 36.8 Å². The van der Waals surface area contributed by atoms with Gasteiger partial charge in [-0.05, 0) is 57.6 Å². The monoisotopic (exact) mass is 779 g/mol. The molecule has 0 unspecified atom stereocenters. The number of nitro benzene ring substituents is 1. The lowest BCUT2D eigenvalue weighted by molar-refractivity contribution is -0.384. The molecule has 0 radical (unpaired) electrons. The number of esters is 1. The summed E-state index contributed by atoms with van der Waals surface area (Å²) >= 11 is 0. The molecule has 0 saturated carbocycles. The van der Waals surface area contributed by atoms with E-state index in [2.05, 4.69) is 20.6 Å². The number of nitrogens with two attached hydrogens (primary N) is 1. The van der Waals surface area contributed by atoms with Gasteiger partial charge in [0, 0.05) is 42.9 Å². The lowest BCUT2D eigenvalue weighted by Crippen LogP contribution is -2.60. The van der Waals surface area contributed by atoms with Crippen molar-refractivity contribution >= 4 is 35.5 Å². The first-order chi connectivity index (χ1) is 26.4. The molecule has 3 aromatic rings. The molecule has 0 spiro atoms. The Kier molecular flexibility index (Phi) is 16.6. The number of nitrogens with zero attached hydrogens (tertiary/aromatic N) is 3. The van der Waals surface area contributed by atoms with Gasteiger partial charge in [0.15, 0.2) is 0 Å². The number of aromatic amines is 1. The highest BCUT2D eigenvalue weighted by atomic mass is 16.6. The summed E-state index contributed by atoms with van der Waals surface area (Å²) in [7, 11) is 0. The minimum atomic E-state index is -1.52. The van der Waals surface area contributed by atoms with E-state index in [0.29, 0.717) is 21.7 Å². The van der Waals surface area contributed by atoms with Crippen molar-refractivity contribution in [2.75, 3.05) is 6.61 Å². The maximum absolute atomic E-state index is 14.8.